The van der Waals surface area contributed by atoms with E-state index in [1.165, 1.54) is 22.5 Å². The van der Waals surface area contributed by atoms with Crippen LogP contribution in [-0.4, -0.2) is 66.6 Å². The number of piperazine rings is 1. The van der Waals surface area contributed by atoms with Crippen molar-refractivity contribution in [1.29, 1.82) is 0 Å². The Hall–Kier alpha value is -3.31. The summed E-state index contributed by atoms with van der Waals surface area (Å²) in [5.41, 5.74) is 0.538. The summed E-state index contributed by atoms with van der Waals surface area (Å²) in [7, 11) is -3.94. The van der Waals surface area contributed by atoms with Crippen LogP contribution in [0.3, 0.4) is 0 Å². The molecule has 0 radical (unpaired) electrons. The number of amides is 2. The molecule has 1 saturated heterocycles. The average Bonchev–Trinajstić information content (AvgIpc) is 2.82. The first-order chi connectivity index (χ1) is 16.1. The van der Waals surface area contributed by atoms with Gasteiger partial charge in [-0.15, -0.1) is 0 Å². The third-order valence-electron chi connectivity index (χ3n) is 5.67. The summed E-state index contributed by atoms with van der Waals surface area (Å²) in [6.07, 6.45) is 0.159. The topological polar surface area (TPSA) is 130 Å². The number of nitro groups is 1. The molecule has 0 saturated carbocycles. The monoisotopic (exact) mass is 488 g/mol. The molecule has 2 amide bonds. The van der Waals surface area contributed by atoms with Crippen LogP contribution >= 0.6 is 0 Å². The molecule has 0 unspecified atom stereocenters. The van der Waals surface area contributed by atoms with Crippen molar-refractivity contribution in [3.05, 3.63) is 70.3 Å². The van der Waals surface area contributed by atoms with Gasteiger partial charge in [0.05, 0.1) is 16.2 Å². The van der Waals surface area contributed by atoms with Gasteiger partial charge in [-0.3, -0.25) is 19.7 Å². The molecule has 182 valence electrons. The number of rotatable bonds is 8. The van der Waals surface area contributed by atoms with E-state index in [0.717, 1.165) is 11.6 Å². The lowest BCUT2D eigenvalue weighted by Crippen LogP contribution is -2.57. The van der Waals surface area contributed by atoms with E-state index in [1.807, 2.05) is 44.2 Å². The average molecular weight is 489 g/mol. The molecular weight excluding hydrogens is 460 g/mol. The predicted octanol–water partition coefficient (Wildman–Crippen LogP) is 1.81. The summed E-state index contributed by atoms with van der Waals surface area (Å²) in [4.78, 5) is 37.4. The summed E-state index contributed by atoms with van der Waals surface area (Å²) in [6, 6.07) is 13.4. The van der Waals surface area contributed by atoms with E-state index in [9.17, 15) is 28.1 Å². The van der Waals surface area contributed by atoms with Gasteiger partial charge < -0.3 is 10.2 Å². The second-order valence-electron chi connectivity index (χ2n) is 8.44. The van der Waals surface area contributed by atoms with Crippen molar-refractivity contribution in [3.8, 4) is 0 Å². The van der Waals surface area contributed by atoms with Gasteiger partial charge in [0.25, 0.3) is 5.69 Å². The number of benzene rings is 2. The van der Waals surface area contributed by atoms with E-state index in [-0.39, 0.29) is 60.9 Å². The molecule has 1 aliphatic rings. The number of nitrogens with one attached hydrogen (secondary N) is 1. The van der Waals surface area contributed by atoms with E-state index in [4.69, 9.17) is 0 Å². The quantitative estimate of drug-likeness (QED) is 0.446. The van der Waals surface area contributed by atoms with Crippen LogP contribution in [0.15, 0.2) is 59.5 Å². The Morgan fingerprint density at radius 3 is 2.26 bits per heavy atom. The van der Waals surface area contributed by atoms with Crippen LogP contribution in [-0.2, 0) is 26.0 Å². The van der Waals surface area contributed by atoms with Gasteiger partial charge in [0, 0.05) is 38.3 Å². The van der Waals surface area contributed by atoms with Gasteiger partial charge in [0.2, 0.25) is 21.8 Å². The lowest BCUT2D eigenvalue weighted by molar-refractivity contribution is -0.385. The molecule has 1 atom stereocenters. The zero-order chi connectivity index (χ0) is 24.9. The van der Waals surface area contributed by atoms with E-state index in [2.05, 4.69) is 5.32 Å². The minimum Gasteiger partial charge on any atom is -0.344 e. The molecule has 10 nitrogen and oxygen atoms in total. The molecule has 1 aliphatic heterocycles. The summed E-state index contributed by atoms with van der Waals surface area (Å²) < 4.78 is 27.1. The minimum atomic E-state index is -3.94. The van der Waals surface area contributed by atoms with Crippen molar-refractivity contribution in [2.24, 2.45) is 5.92 Å². The molecule has 0 aliphatic carbocycles. The van der Waals surface area contributed by atoms with Crippen molar-refractivity contribution in [1.82, 2.24) is 14.5 Å². The first-order valence-corrected chi connectivity index (χ1v) is 12.4. The lowest BCUT2D eigenvalue weighted by Gasteiger charge is -2.36. The van der Waals surface area contributed by atoms with Gasteiger partial charge in [-0.2, -0.15) is 4.31 Å². The summed E-state index contributed by atoms with van der Waals surface area (Å²) in [6.45, 7) is 4.11. The van der Waals surface area contributed by atoms with Gasteiger partial charge in [-0.05, 0) is 17.5 Å². The molecule has 34 heavy (non-hydrogen) atoms. The molecule has 11 heteroatoms. The second-order valence-corrected chi connectivity index (χ2v) is 10.4. The standard InChI is InChI=1S/C23H28N4O6S/c1-17(2)22(24-21(28)15-18-7-4-3-5-8-18)23(29)25-11-13-26(14-12-25)34(32,33)20-10-6-9-19(16-20)27(30)31/h3-10,16-17,22H,11-15H2,1-2H3,(H,24,28)/t22-/m0/s1. The SMILES string of the molecule is CC(C)[C@H](NC(=O)Cc1ccccc1)C(=O)N1CCN(S(=O)(=O)c2cccc([N+](=O)[O-])c2)CC1. The molecule has 0 bridgehead atoms. The second kappa shape index (κ2) is 10.7. The number of hydrogen-bond donors (Lipinski definition) is 1. The van der Waals surface area contributed by atoms with Crippen molar-refractivity contribution < 1.29 is 22.9 Å². The number of nitrogens with zero attached hydrogens (tertiary/aromatic N) is 3. The molecule has 1 fully saturated rings. The Balaban J connectivity index is 1.63. The Bertz CT molecular complexity index is 1150. The number of nitro benzene ring substituents is 1. The smallest absolute Gasteiger partial charge is 0.270 e. The highest BCUT2D eigenvalue weighted by molar-refractivity contribution is 7.89. The Morgan fingerprint density at radius 1 is 1.03 bits per heavy atom. The van der Waals surface area contributed by atoms with E-state index in [1.54, 1.807) is 4.90 Å². The maximum Gasteiger partial charge on any atom is 0.270 e. The van der Waals surface area contributed by atoms with Crippen LogP contribution in [0.2, 0.25) is 0 Å². The van der Waals surface area contributed by atoms with Crippen LogP contribution in [0.4, 0.5) is 5.69 Å². The Labute approximate surface area is 198 Å². The van der Waals surface area contributed by atoms with Gasteiger partial charge in [0.15, 0.2) is 0 Å². The predicted molar refractivity (Wildman–Crippen MR) is 125 cm³/mol. The summed E-state index contributed by atoms with van der Waals surface area (Å²) in [5, 5.41) is 13.8. The fraction of sp³-hybridized carbons (Fsp3) is 0.391. The fourth-order valence-electron chi connectivity index (χ4n) is 3.77. The molecule has 2 aromatic rings. The van der Waals surface area contributed by atoms with Crippen molar-refractivity contribution in [3.63, 3.8) is 0 Å². The minimum absolute atomic E-state index is 0.0551. The lowest BCUT2D eigenvalue weighted by atomic mass is 10.0. The highest BCUT2D eigenvalue weighted by atomic mass is 32.2. The third kappa shape index (κ3) is 5.97. The molecular formula is C23H28N4O6S. The Morgan fingerprint density at radius 2 is 1.68 bits per heavy atom. The largest absolute Gasteiger partial charge is 0.344 e. The number of carbonyl (C=O) groups excluding carboxylic acids is 2. The van der Waals surface area contributed by atoms with Gasteiger partial charge in [0.1, 0.15) is 6.04 Å². The molecule has 0 spiro atoms. The van der Waals surface area contributed by atoms with Crippen molar-refractivity contribution >= 4 is 27.5 Å². The normalized spacial score (nSPS) is 15.7. The number of hydrogen-bond acceptors (Lipinski definition) is 6. The number of sulfonamides is 1. The fourth-order valence-corrected chi connectivity index (χ4v) is 5.23. The summed E-state index contributed by atoms with van der Waals surface area (Å²) in [5.74, 6) is -0.673. The van der Waals surface area contributed by atoms with Crippen molar-refractivity contribution in [2.45, 2.75) is 31.2 Å². The zero-order valence-electron chi connectivity index (χ0n) is 19.1. The van der Waals surface area contributed by atoms with Crippen LogP contribution in [0.5, 0.6) is 0 Å². The van der Waals surface area contributed by atoms with E-state index >= 15 is 0 Å². The maximum atomic E-state index is 13.1. The molecule has 2 aromatic carbocycles. The van der Waals surface area contributed by atoms with Crippen LogP contribution in [0.25, 0.3) is 0 Å². The third-order valence-corrected chi connectivity index (χ3v) is 7.57. The number of non-ortho nitro benzene ring substituents is 1. The zero-order valence-corrected chi connectivity index (χ0v) is 19.9. The molecule has 3 rings (SSSR count). The van der Waals surface area contributed by atoms with Crippen LogP contribution in [0, 0.1) is 16.0 Å². The van der Waals surface area contributed by atoms with Gasteiger partial charge in [-0.1, -0.05) is 50.2 Å². The van der Waals surface area contributed by atoms with Gasteiger partial charge >= 0.3 is 0 Å². The molecule has 1 heterocycles. The van der Waals surface area contributed by atoms with E-state index in [0.29, 0.717) is 0 Å². The van der Waals surface area contributed by atoms with E-state index < -0.39 is 21.0 Å². The highest BCUT2D eigenvalue weighted by Crippen LogP contribution is 2.22. The van der Waals surface area contributed by atoms with Crippen LogP contribution in [0.1, 0.15) is 19.4 Å². The number of carbonyl (C=O) groups is 2. The van der Waals surface area contributed by atoms with Crippen molar-refractivity contribution in [2.75, 3.05) is 26.2 Å². The highest BCUT2D eigenvalue weighted by Gasteiger charge is 2.34. The molecule has 1 N–H and O–H groups in total. The Kier molecular flexibility index (Phi) is 8.00. The maximum absolute atomic E-state index is 13.1. The first-order valence-electron chi connectivity index (χ1n) is 11.0. The first kappa shape index (κ1) is 25.3. The van der Waals surface area contributed by atoms with Crippen LogP contribution < -0.4 is 5.32 Å². The van der Waals surface area contributed by atoms with Gasteiger partial charge in [-0.25, -0.2) is 8.42 Å². The summed E-state index contributed by atoms with van der Waals surface area (Å²) >= 11 is 0. The molecule has 0 aromatic heterocycles.